The van der Waals surface area contributed by atoms with Crippen LogP contribution in [-0.2, 0) is 6.54 Å². The number of hydrogen-bond acceptors (Lipinski definition) is 5. The highest BCUT2D eigenvalue weighted by molar-refractivity contribution is 5.44. The van der Waals surface area contributed by atoms with Crippen LogP contribution in [-0.4, -0.2) is 23.2 Å². The molecule has 1 N–H and O–H groups in total. The molecule has 0 radical (unpaired) electrons. The summed E-state index contributed by atoms with van der Waals surface area (Å²) in [4.78, 5) is 6.65. The molecular weight excluding hydrogens is 252 g/mol. The van der Waals surface area contributed by atoms with E-state index in [4.69, 9.17) is 4.52 Å². The average molecular weight is 272 g/mol. The van der Waals surface area contributed by atoms with Crippen molar-refractivity contribution < 1.29 is 4.52 Å². The fourth-order valence-corrected chi connectivity index (χ4v) is 2.39. The third kappa shape index (κ3) is 3.10. The average Bonchev–Trinajstić information content (AvgIpc) is 2.97. The quantitative estimate of drug-likeness (QED) is 0.927. The van der Waals surface area contributed by atoms with Gasteiger partial charge in [-0.15, -0.1) is 0 Å². The van der Waals surface area contributed by atoms with Gasteiger partial charge in [0.15, 0.2) is 0 Å². The van der Waals surface area contributed by atoms with Crippen molar-refractivity contribution in [1.82, 2.24) is 10.1 Å². The number of aryl methyl sites for hydroxylation is 1. The van der Waals surface area contributed by atoms with Gasteiger partial charge in [-0.2, -0.15) is 4.98 Å². The topological polar surface area (TPSA) is 54.2 Å². The molecule has 0 bridgehead atoms. The molecule has 1 aromatic heterocycles. The van der Waals surface area contributed by atoms with Gasteiger partial charge >= 0.3 is 0 Å². The molecule has 106 valence electrons. The monoisotopic (exact) mass is 272 g/mol. The molecule has 0 saturated carbocycles. The summed E-state index contributed by atoms with van der Waals surface area (Å²) in [6.45, 7) is 4.70. The number of nitrogens with zero attached hydrogens (tertiary/aromatic N) is 3. The van der Waals surface area contributed by atoms with Gasteiger partial charge < -0.3 is 14.7 Å². The minimum Gasteiger partial charge on any atom is -0.376 e. The van der Waals surface area contributed by atoms with Gasteiger partial charge in [0.1, 0.15) is 0 Å². The highest BCUT2D eigenvalue weighted by atomic mass is 16.5. The lowest BCUT2D eigenvalue weighted by Crippen LogP contribution is -2.30. The summed E-state index contributed by atoms with van der Waals surface area (Å²) >= 11 is 0. The first-order valence-electron chi connectivity index (χ1n) is 7.19. The largest absolute Gasteiger partial charge is 0.376 e. The molecule has 3 rings (SSSR count). The third-order valence-corrected chi connectivity index (χ3v) is 3.59. The van der Waals surface area contributed by atoms with Crippen molar-refractivity contribution in [2.75, 3.05) is 23.3 Å². The zero-order valence-electron chi connectivity index (χ0n) is 11.8. The molecule has 0 aliphatic carbocycles. The van der Waals surface area contributed by atoms with Crippen LogP contribution in [0.4, 0.5) is 11.6 Å². The van der Waals surface area contributed by atoms with E-state index in [1.807, 2.05) is 0 Å². The van der Waals surface area contributed by atoms with E-state index >= 15 is 0 Å². The van der Waals surface area contributed by atoms with Gasteiger partial charge in [0, 0.05) is 18.8 Å². The van der Waals surface area contributed by atoms with Crippen LogP contribution < -0.4 is 10.2 Å². The lowest BCUT2D eigenvalue weighted by molar-refractivity contribution is 0.381. The Morgan fingerprint density at radius 3 is 2.65 bits per heavy atom. The summed E-state index contributed by atoms with van der Waals surface area (Å²) in [6, 6.07) is 8.26. The molecule has 1 aromatic carbocycles. The number of rotatable bonds is 4. The van der Waals surface area contributed by atoms with Crippen LogP contribution in [0.1, 0.15) is 30.7 Å². The molecule has 1 fully saturated rings. The zero-order chi connectivity index (χ0) is 13.8. The molecule has 0 atom stereocenters. The fourth-order valence-electron chi connectivity index (χ4n) is 2.39. The number of aromatic nitrogens is 2. The summed E-state index contributed by atoms with van der Waals surface area (Å²) in [5, 5.41) is 7.36. The fraction of sp³-hybridized carbons (Fsp3) is 0.467. The van der Waals surface area contributed by atoms with Gasteiger partial charge in [-0.05, 0) is 43.5 Å². The Labute approximate surface area is 119 Å². The molecule has 0 spiro atoms. The predicted molar refractivity (Wildman–Crippen MR) is 78.9 cm³/mol. The van der Waals surface area contributed by atoms with Crippen molar-refractivity contribution >= 4 is 11.6 Å². The smallest absolute Gasteiger partial charge is 0.266 e. The summed E-state index contributed by atoms with van der Waals surface area (Å²) in [5.74, 6) is 1.36. The lowest BCUT2D eigenvalue weighted by atomic mass is 10.1. The molecule has 5 nitrogen and oxygen atoms in total. The summed E-state index contributed by atoms with van der Waals surface area (Å²) in [5.41, 5.74) is 2.31. The van der Waals surface area contributed by atoms with E-state index in [0.29, 0.717) is 12.4 Å². The Balaban J connectivity index is 1.58. The number of benzene rings is 1. The van der Waals surface area contributed by atoms with E-state index < -0.39 is 0 Å². The molecule has 20 heavy (non-hydrogen) atoms. The molecule has 1 saturated heterocycles. The molecule has 1 aliphatic heterocycles. The van der Waals surface area contributed by atoms with Crippen LogP contribution in [0.15, 0.2) is 28.8 Å². The highest BCUT2D eigenvalue weighted by Crippen LogP contribution is 2.17. The molecule has 1 aliphatic rings. The minimum absolute atomic E-state index is 0.559. The van der Waals surface area contributed by atoms with E-state index in [-0.39, 0.29) is 0 Å². The van der Waals surface area contributed by atoms with Crippen LogP contribution in [0.25, 0.3) is 0 Å². The van der Waals surface area contributed by atoms with E-state index in [1.165, 1.54) is 24.8 Å². The van der Waals surface area contributed by atoms with Crippen molar-refractivity contribution in [3.63, 3.8) is 0 Å². The summed E-state index contributed by atoms with van der Waals surface area (Å²) in [6.07, 6.45) is 3.73. The number of anilines is 2. The maximum absolute atomic E-state index is 5.30. The van der Waals surface area contributed by atoms with Gasteiger partial charge in [0.25, 0.3) is 5.95 Å². The number of hydrogen-bond donors (Lipinski definition) is 1. The Kier molecular flexibility index (Phi) is 3.85. The van der Waals surface area contributed by atoms with Crippen molar-refractivity contribution in [2.24, 2.45) is 0 Å². The van der Waals surface area contributed by atoms with E-state index in [9.17, 15) is 0 Å². The Hall–Kier alpha value is -2.04. The van der Waals surface area contributed by atoms with Crippen LogP contribution in [0, 0.1) is 6.92 Å². The minimum atomic E-state index is 0.559. The second-order valence-electron chi connectivity index (χ2n) is 5.26. The van der Waals surface area contributed by atoms with Gasteiger partial charge in [0.2, 0.25) is 5.89 Å². The van der Waals surface area contributed by atoms with Crippen molar-refractivity contribution in [1.29, 1.82) is 0 Å². The highest BCUT2D eigenvalue weighted by Gasteiger charge is 2.16. The van der Waals surface area contributed by atoms with Crippen LogP contribution in [0.3, 0.4) is 0 Å². The second kappa shape index (κ2) is 5.94. The van der Waals surface area contributed by atoms with Crippen molar-refractivity contribution in [3.8, 4) is 0 Å². The number of piperidine rings is 1. The van der Waals surface area contributed by atoms with E-state index in [0.717, 1.165) is 24.7 Å². The van der Waals surface area contributed by atoms with Gasteiger partial charge in [-0.25, -0.2) is 0 Å². The normalized spacial score (nSPS) is 15.3. The zero-order valence-corrected chi connectivity index (χ0v) is 11.8. The predicted octanol–water partition coefficient (Wildman–Crippen LogP) is 2.98. The van der Waals surface area contributed by atoms with Gasteiger partial charge in [0.05, 0.1) is 6.54 Å². The third-order valence-electron chi connectivity index (χ3n) is 3.59. The summed E-state index contributed by atoms with van der Waals surface area (Å²) in [7, 11) is 0. The maximum Gasteiger partial charge on any atom is 0.266 e. The molecular formula is C15H20N4O. The molecule has 0 amide bonds. The Morgan fingerprint density at radius 1 is 1.15 bits per heavy atom. The number of nitrogens with one attached hydrogen (secondary N) is 1. The van der Waals surface area contributed by atoms with Gasteiger partial charge in [-0.1, -0.05) is 17.7 Å². The Morgan fingerprint density at radius 2 is 1.90 bits per heavy atom. The molecule has 0 unspecified atom stereocenters. The molecule has 5 heteroatoms. The van der Waals surface area contributed by atoms with Crippen molar-refractivity contribution in [3.05, 3.63) is 35.7 Å². The Bertz CT molecular complexity index is 543. The van der Waals surface area contributed by atoms with Crippen LogP contribution in [0.5, 0.6) is 0 Å². The first-order valence-corrected chi connectivity index (χ1v) is 7.19. The summed E-state index contributed by atoms with van der Waals surface area (Å²) < 4.78 is 5.30. The SMILES string of the molecule is Cc1ccc(NCc2nc(N3CCCCC3)no2)cc1. The van der Waals surface area contributed by atoms with E-state index in [1.54, 1.807) is 0 Å². The van der Waals surface area contributed by atoms with Crippen molar-refractivity contribution in [2.45, 2.75) is 32.7 Å². The lowest BCUT2D eigenvalue weighted by Gasteiger charge is -2.24. The van der Waals surface area contributed by atoms with Gasteiger partial charge in [-0.3, -0.25) is 0 Å². The molecule has 2 heterocycles. The van der Waals surface area contributed by atoms with Crippen LogP contribution >= 0.6 is 0 Å². The van der Waals surface area contributed by atoms with Crippen LogP contribution in [0.2, 0.25) is 0 Å². The first kappa shape index (κ1) is 13.0. The first-order chi connectivity index (χ1) is 9.81. The van der Waals surface area contributed by atoms with E-state index in [2.05, 4.69) is 51.5 Å². The second-order valence-corrected chi connectivity index (χ2v) is 5.26. The standard InChI is InChI=1S/C15H20N4O/c1-12-5-7-13(8-6-12)16-11-14-17-15(18-20-14)19-9-3-2-4-10-19/h5-8,16H,2-4,9-11H2,1H3. The maximum atomic E-state index is 5.30. The molecule has 2 aromatic rings.